The first-order valence-corrected chi connectivity index (χ1v) is 11.9. The lowest BCUT2D eigenvalue weighted by atomic mass is 9.93. The topological polar surface area (TPSA) is 84.9 Å². The van der Waals surface area contributed by atoms with Gasteiger partial charge in [0.2, 0.25) is 5.91 Å². The predicted octanol–water partition coefficient (Wildman–Crippen LogP) is 3.47. The quantitative estimate of drug-likeness (QED) is 0.501. The van der Waals surface area contributed by atoms with Crippen LogP contribution in [0.25, 0.3) is 0 Å². The first kappa shape index (κ1) is 28.3. The Morgan fingerprint density at radius 2 is 1.60 bits per heavy atom. The van der Waals surface area contributed by atoms with Crippen LogP contribution in [0.2, 0.25) is 0 Å². The molecule has 35 heavy (non-hydrogen) atoms. The van der Waals surface area contributed by atoms with Crippen LogP contribution in [-0.4, -0.2) is 54.1 Å². The van der Waals surface area contributed by atoms with Gasteiger partial charge in [0, 0.05) is 13.0 Å². The van der Waals surface area contributed by atoms with E-state index in [1.165, 1.54) is 0 Å². The molecule has 190 valence electrons. The number of benzene rings is 2. The summed E-state index contributed by atoms with van der Waals surface area (Å²) in [6.45, 7) is 6.06. The van der Waals surface area contributed by atoms with Gasteiger partial charge in [-0.2, -0.15) is 0 Å². The molecule has 1 N–H and O–H groups in total. The molecule has 2 aromatic carbocycles. The number of aryl methyl sites for hydroxylation is 1. The second kappa shape index (κ2) is 13.9. The van der Waals surface area contributed by atoms with Crippen LogP contribution in [0.3, 0.4) is 0 Å². The van der Waals surface area contributed by atoms with E-state index in [2.05, 4.69) is 5.32 Å². The van der Waals surface area contributed by atoms with Gasteiger partial charge in [0.1, 0.15) is 12.1 Å². The number of hydrogen-bond acceptors (Lipinski definition) is 6. The monoisotopic (exact) mass is 502 g/mol. The molecule has 0 unspecified atom stereocenters. The summed E-state index contributed by atoms with van der Waals surface area (Å²) in [6.07, 6.45) is 1.56. The van der Waals surface area contributed by atoms with E-state index < -0.39 is 24.1 Å². The number of nitrogens with one attached hydrogen (secondary N) is 1. The molecule has 0 aliphatic carbocycles. The van der Waals surface area contributed by atoms with Crippen molar-refractivity contribution in [3.63, 3.8) is 0 Å². The molecule has 2 aromatic rings. The molecule has 1 heterocycles. The molecule has 8 heteroatoms. The molecule has 0 spiro atoms. The van der Waals surface area contributed by atoms with E-state index in [-0.39, 0.29) is 37.5 Å². The van der Waals surface area contributed by atoms with Gasteiger partial charge >= 0.3 is 11.9 Å². The number of carbonyl (C=O) groups is 3. The van der Waals surface area contributed by atoms with Crippen molar-refractivity contribution in [3.8, 4) is 0 Å². The maximum atomic E-state index is 13.5. The van der Waals surface area contributed by atoms with Crippen LogP contribution in [0.15, 0.2) is 54.6 Å². The zero-order chi connectivity index (χ0) is 24.5. The first-order chi connectivity index (χ1) is 16.4. The SMILES string of the molecule is CCOC(=O)[C@H](CCc1ccccc1)N[C@@H](C)C(=O)N1Cc2ccccc2C[C@H]1C(=O)OCC.Cl. The summed E-state index contributed by atoms with van der Waals surface area (Å²) in [5.74, 6) is -1.05. The molecule has 0 saturated heterocycles. The van der Waals surface area contributed by atoms with E-state index in [0.717, 1.165) is 16.7 Å². The number of rotatable bonds is 10. The summed E-state index contributed by atoms with van der Waals surface area (Å²) in [5, 5.41) is 3.17. The minimum absolute atomic E-state index is 0. The zero-order valence-corrected chi connectivity index (χ0v) is 21.4. The number of carbonyl (C=O) groups excluding carboxylic acids is 3. The molecule has 3 atom stereocenters. The third-order valence-corrected chi connectivity index (χ3v) is 6.05. The van der Waals surface area contributed by atoms with Gasteiger partial charge in [-0.15, -0.1) is 12.4 Å². The highest BCUT2D eigenvalue weighted by Gasteiger charge is 2.38. The van der Waals surface area contributed by atoms with E-state index >= 15 is 0 Å². The average molecular weight is 503 g/mol. The van der Waals surface area contributed by atoms with Crippen molar-refractivity contribution in [2.45, 2.75) is 64.7 Å². The largest absolute Gasteiger partial charge is 0.465 e. The fourth-order valence-electron chi connectivity index (χ4n) is 4.29. The number of hydrogen-bond donors (Lipinski definition) is 1. The standard InChI is InChI=1S/C27H34N2O5.ClH/c1-4-33-26(31)23(16-15-20-11-7-6-8-12-20)28-19(3)25(30)29-18-22-14-10-9-13-21(22)17-24(29)27(32)34-5-2;/h6-14,19,23-24,28H,4-5,15-18H2,1-3H3;1H/t19-,23-,24-;/m0./s1. The molecule has 1 aliphatic heterocycles. The van der Waals surface area contributed by atoms with Gasteiger partial charge in [0.25, 0.3) is 0 Å². The predicted molar refractivity (Wildman–Crippen MR) is 136 cm³/mol. The minimum Gasteiger partial charge on any atom is -0.465 e. The maximum Gasteiger partial charge on any atom is 0.329 e. The Morgan fingerprint density at radius 1 is 0.971 bits per heavy atom. The Hall–Kier alpha value is -2.90. The molecule has 0 aromatic heterocycles. The van der Waals surface area contributed by atoms with Gasteiger partial charge in [-0.05, 0) is 50.3 Å². The maximum absolute atomic E-state index is 13.5. The van der Waals surface area contributed by atoms with Crippen LogP contribution in [0.4, 0.5) is 0 Å². The molecule has 0 bridgehead atoms. The molecule has 0 fully saturated rings. The average Bonchev–Trinajstić information content (AvgIpc) is 2.86. The minimum atomic E-state index is -0.697. The smallest absolute Gasteiger partial charge is 0.329 e. The molecular weight excluding hydrogens is 468 g/mol. The van der Waals surface area contributed by atoms with Gasteiger partial charge in [0.15, 0.2) is 0 Å². The number of amides is 1. The number of esters is 2. The Bertz CT molecular complexity index is 985. The Morgan fingerprint density at radius 3 is 2.26 bits per heavy atom. The summed E-state index contributed by atoms with van der Waals surface area (Å²) in [4.78, 5) is 40.4. The van der Waals surface area contributed by atoms with Crippen molar-refractivity contribution in [2.75, 3.05) is 13.2 Å². The van der Waals surface area contributed by atoms with Gasteiger partial charge in [0.05, 0.1) is 19.3 Å². The van der Waals surface area contributed by atoms with Crippen LogP contribution in [0.1, 0.15) is 43.9 Å². The van der Waals surface area contributed by atoms with Crippen molar-refractivity contribution in [1.29, 1.82) is 0 Å². The van der Waals surface area contributed by atoms with E-state index in [4.69, 9.17) is 9.47 Å². The highest BCUT2D eigenvalue weighted by molar-refractivity contribution is 5.89. The van der Waals surface area contributed by atoms with Gasteiger partial charge in [-0.1, -0.05) is 54.6 Å². The van der Waals surface area contributed by atoms with Gasteiger partial charge in [-0.3, -0.25) is 14.9 Å². The summed E-state index contributed by atoms with van der Waals surface area (Å²) in [7, 11) is 0. The molecule has 1 amide bonds. The van der Waals surface area contributed by atoms with Crippen molar-refractivity contribution < 1.29 is 23.9 Å². The molecule has 3 rings (SSSR count). The molecule has 7 nitrogen and oxygen atoms in total. The van der Waals surface area contributed by atoms with E-state index in [9.17, 15) is 14.4 Å². The lowest BCUT2D eigenvalue weighted by Gasteiger charge is -2.37. The normalized spacial score (nSPS) is 16.3. The number of ether oxygens (including phenoxy) is 2. The lowest BCUT2D eigenvalue weighted by Crippen LogP contribution is -2.56. The molecule has 0 saturated carbocycles. The molecular formula is C27H35ClN2O5. The Kier molecular flexibility index (Phi) is 11.2. The third-order valence-electron chi connectivity index (χ3n) is 6.05. The van der Waals surface area contributed by atoms with Crippen molar-refractivity contribution in [1.82, 2.24) is 10.2 Å². The highest BCUT2D eigenvalue weighted by Crippen LogP contribution is 2.25. The van der Waals surface area contributed by atoms with Crippen molar-refractivity contribution in [2.24, 2.45) is 0 Å². The number of halogens is 1. The van der Waals surface area contributed by atoms with Crippen LogP contribution in [0.5, 0.6) is 0 Å². The summed E-state index contributed by atoms with van der Waals surface area (Å²) < 4.78 is 10.5. The number of fused-ring (bicyclic) bond motifs is 1. The van der Waals surface area contributed by atoms with Crippen molar-refractivity contribution >= 4 is 30.3 Å². The highest BCUT2D eigenvalue weighted by atomic mass is 35.5. The van der Waals surface area contributed by atoms with Gasteiger partial charge in [-0.25, -0.2) is 4.79 Å². The van der Waals surface area contributed by atoms with Crippen LogP contribution in [-0.2, 0) is 43.2 Å². The summed E-state index contributed by atoms with van der Waals surface area (Å²) in [6, 6.07) is 15.6. The van der Waals surface area contributed by atoms with E-state index in [1.807, 2.05) is 54.6 Å². The summed E-state index contributed by atoms with van der Waals surface area (Å²) >= 11 is 0. The van der Waals surface area contributed by atoms with Gasteiger partial charge < -0.3 is 14.4 Å². The van der Waals surface area contributed by atoms with Crippen LogP contribution < -0.4 is 5.32 Å². The Labute approximate surface area is 213 Å². The summed E-state index contributed by atoms with van der Waals surface area (Å²) in [5.41, 5.74) is 3.15. The Balaban J connectivity index is 0.00000432. The second-order valence-corrected chi connectivity index (χ2v) is 8.42. The van der Waals surface area contributed by atoms with Crippen molar-refractivity contribution in [3.05, 3.63) is 71.3 Å². The molecule has 0 radical (unpaired) electrons. The number of nitrogens with zero attached hydrogens (tertiary/aromatic N) is 1. The van der Waals surface area contributed by atoms with E-state index in [0.29, 0.717) is 25.8 Å². The molecule has 1 aliphatic rings. The third kappa shape index (κ3) is 7.54. The van der Waals surface area contributed by atoms with Crippen LogP contribution >= 0.6 is 12.4 Å². The zero-order valence-electron chi connectivity index (χ0n) is 20.6. The second-order valence-electron chi connectivity index (χ2n) is 8.42. The fourth-order valence-corrected chi connectivity index (χ4v) is 4.29. The lowest BCUT2D eigenvalue weighted by molar-refractivity contribution is -0.157. The van der Waals surface area contributed by atoms with E-state index in [1.54, 1.807) is 25.7 Å². The fraction of sp³-hybridized carbons (Fsp3) is 0.444. The first-order valence-electron chi connectivity index (χ1n) is 11.9. The van der Waals surface area contributed by atoms with Crippen LogP contribution in [0, 0.1) is 0 Å².